The molecule has 39 heavy (non-hydrogen) atoms. The molecule has 0 aliphatic rings. The minimum Gasteiger partial charge on any atom is -0.466 e. The Bertz CT molecular complexity index is 1390. The van der Waals surface area contributed by atoms with Crippen molar-refractivity contribution in [3.63, 3.8) is 0 Å². The second kappa shape index (κ2) is 12.0. The predicted molar refractivity (Wildman–Crippen MR) is 148 cm³/mol. The summed E-state index contributed by atoms with van der Waals surface area (Å²) in [5.74, 6) is -2.01. The minimum atomic E-state index is -0.834. The van der Waals surface area contributed by atoms with Gasteiger partial charge in [0.05, 0.1) is 25.2 Å². The largest absolute Gasteiger partial charge is 0.466 e. The van der Waals surface area contributed by atoms with Gasteiger partial charge in [-0.2, -0.15) is 0 Å². The Morgan fingerprint density at radius 3 is 1.54 bits per heavy atom. The maximum absolute atomic E-state index is 12.9. The van der Waals surface area contributed by atoms with E-state index in [1.54, 1.807) is 12.1 Å². The van der Waals surface area contributed by atoms with Crippen LogP contribution in [0.2, 0.25) is 0 Å². The third-order valence-electron chi connectivity index (χ3n) is 6.45. The van der Waals surface area contributed by atoms with Crippen LogP contribution in [-0.4, -0.2) is 32.1 Å². The van der Waals surface area contributed by atoms with Gasteiger partial charge in [-0.05, 0) is 34.4 Å². The monoisotopic (exact) mass is 520 g/mol. The van der Waals surface area contributed by atoms with E-state index < -0.39 is 23.3 Å². The first-order chi connectivity index (χ1) is 18.9. The van der Waals surface area contributed by atoms with Gasteiger partial charge in [0.15, 0.2) is 0 Å². The van der Waals surface area contributed by atoms with Crippen molar-refractivity contribution in [3.8, 4) is 5.75 Å². The zero-order valence-corrected chi connectivity index (χ0v) is 21.9. The second-order valence-electron chi connectivity index (χ2n) is 8.73. The summed E-state index contributed by atoms with van der Waals surface area (Å²) in [6, 6.07) is 35.2. The summed E-state index contributed by atoms with van der Waals surface area (Å²) in [6.45, 7) is 1.27. The zero-order chi connectivity index (χ0) is 27.8. The van der Waals surface area contributed by atoms with Crippen LogP contribution in [0.1, 0.15) is 34.7 Å². The maximum Gasteiger partial charge on any atom is 0.338 e. The molecule has 0 saturated carbocycles. The van der Waals surface area contributed by atoms with E-state index >= 15 is 0 Å². The molecule has 0 spiro atoms. The van der Waals surface area contributed by atoms with E-state index in [-0.39, 0.29) is 16.9 Å². The molecule has 0 aliphatic heterocycles. The number of ether oxygens (including phenoxy) is 3. The number of carbonyl (C=O) groups excluding carboxylic acids is 3. The van der Waals surface area contributed by atoms with Gasteiger partial charge in [0, 0.05) is 18.6 Å². The molecule has 6 heteroatoms. The van der Waals surface area contributed by atoms with Crippen molar-refractivity contribution < 1.29 is 28.6 Å². The number of hydrogen-bond acceptors (Lipinski definition) is 6. The summed E-state index contributed by atoms with van der Waals surface area (Å²) in [4.78, 5) is 37.2. The van der Waals surface area contributed by atoms with E-state index in [0.29, 0.717) is 0 Å². The van der Waals surface area contributed by atoms with E-state index in [2.05, 4.69) is 0 Å². The third-order valence-corrected chi connectivity index (χ3v) is 6.45. The van der Waals surface area contributed by atoms with Crippen LogP contribution in [0.5, 0.6) is 5.75 Å². The summed E-state index contributed by atoms with van der Waals surface area (Å²) in [5.41, 5.74) is 2.98. The third kappa shape index (κ3) is 5.50. The standard InChI is InChI=1S/C33H28O6/c1-23(34)39-30-20-19-27(21-28(30)29(32(36)38-3)22-31(35)37-2)33(24-13-7-4-8-14-24,25-15-9-5-10-16-25)26-17-11-6-12-18-26/h4-22H,1-3H3/b29-22-. The Kier molecular flexibility index (Phi) is 8.37. The van der Waals surface area contributed by atoms with Crippen molar-refractivity contribution in [2.45, 2.75) is 12.3 Å². The Morgan fingerprint density at radius 2 is 1.13 bits per heavy atom. The molecule has 0 heterocycles. The maximum atomic E-state index is 12.9. The molecule has 6 nitrogen and oxygen atoms in total. The van der Waals surface area contributed by atoms with Crippen LogP contribution in [0, 0.1) is 0 Å². The van der Waals surface area contributed by atoms with Crippen molar-refractivity contribution in [3.05, 3.63) is 143 Å². The van der Waals surface area contributed by atoms with Crippen LogP contribution >= 0.6 is 0 Å². The molecule has 0 unspecified atom stereocenters. The van der Waals surface area contributed by atoms with Crippen molar-refractivity contribution >= 4 is 23.5 Å². The smallest absolute Gasteiger partial charge is 0.338 e. The summed E-state index contributed by atoms with van der Waals surface area (Å²) >= 11 is 0. The summed E-state index contributed by atoms with van der Waals surface area (Å²) in [5, 5.41) is 0. The fraction of sp³-hybridized carbons (Fsp3) is 0.121. The van der Waals surface area contributed by atoms with E-state index in [1.807, 2.05) is 97.1 Å². The van der Waals surface area contributed by atoms with Crippen molar-refractivity contribution in [1.82, 2.24) is 0 Å². The molecule has 196 valence electrons. The summed E-state index contributed by atoms with van der Waals surface area (Å²) in [6.07, 6.45) is 1.03. The van der Waals surface area contributed by atoms with Gasteiger partial charge in [-0.1, -0.05) is 97.1 Å². The molecule has 0 aromatic heterocycles. The SMILES string of the molecule is COC(=O)/C=C(\C(=O)OC)c1cc(C(c2ccccc2)(c2ccccc2)c2ccccc2)ccc1OC(C)=O. The highest BCUT2D eigenvalue weighted by Crippen LogP contribution is 2.46. The Hall–Kier alpha value is -4.97. The molecular weight excluding hydrogens is 492 g/mol. The van der Waals surface area contributed by atoms with Gasteiger partial charge in [0.1, 0.15) is 5.75 Å². The van der Waals surface area contributed by atoms with Gasteiger partial charge in [-0.3, -0.25) is 4.79 Å². The molecule has 0 amide bonds. The fourth-order valence-electron chi connectivity index (χ4n) is 4.82. The highest BCUT2D eigenvalue weighted by Gasteiger charge is 2.39. The number of hydrogen-bond donors (Lipinski definition) is 0. The van der Waals surface area contributed by atoms with Crippen LogP contribution in [0.3, 0.4) is 0 Å². The number of carbonyl (C=O) groups is 3. The first-order valence-electron chi connectivity index (χ1n) is 12.3. The number of methoxy groups -OCH3 is 2. The topological polar surface area (TPSA) is 78.9 Å². The second-order valence-corrected chi connectivity index (χ2v) is 8.73. The normalized spacial score (nSPS) is 11.4. The Balaban J connectivity index is 2.14. The van der Waals surface area contributed by atoms with Crippen molar-refractivity contribution in [1.29, 1.82) is 0 Å². The molecule has 0 N–H and O–H groups in total. The first kappa shape index (κ1) is 27.1. The average molecular weight is 521 g/mol. The lowest BCUT2D eigenvalue weighted by atomic mass is 9.65. The van der Waals surface area contributed by atoms with Gasteiger partial charge in [0.2, 0.25) is 0 Å². The van der Waals surface area contributed by atoms with Crippen LogP contribution < -0.4 is 4.74 Å². The Morgan fingerprint density at radius 1 is 0.641 bits per heavy atom. The van der Waals surface area contributed by atoms with E-state index in [4.69, 9.17) is 14.2 Å². The highest BCUT2D eigenvalue weighted by atomic mass is 16.5. The predicted octanol–water partition coefficient (Wildman–Crippen LogP) is 5.72. The number of esters is 3. The van der Waals surface area contributed by atoms with Gasteiger partial charge in [-0.15, -0.1) is 0 Å². The van der Waals surface area contributed by atoms with Crippen LogP contribution in [0.15, 0.2) is 115 Å². The van der Waals surface area contributed by atoms with Gasteiger partial charge in [-0.25, -0.2) is 9.59 Å². The van der Waals surface area contributed by atoms with Gasteiger partial charge >= 0.3 is 17.9 Å². The van der Waals surface area contributed by atoms with Crippen molar-refractivity contribution in [2.75, 3.05) is 14.2 Å². The number of rotatable bonds is 8. The quantitative estimate of drug-likeness (QED) is 0.128. The van der Waals surface area contributed by atoms with Crippen LogP contribution in [-0.2, 0) is 29.3 Å². The van der Waals surface area contributed by atoms with E-state index in [0.717, 1.165) is 28.3 Å². The highest BCUT2D eigenvalue weighted by molar-refractivity contribution is 6.21. The minimum absolute atomic E-state index is 0.106. The van der Waals surface area contributed by atoms with E-state index in [9.17, 15) is 14.4 Å². The molecule has 4 aromatic carbocycles. The lowest BCUT2D eigenvalue weighted by Gasteiger charge is -2.37. The Labute approximate surface area is 227 Å². The lowest BCUT2D eigenvalue weighted by molar-refractivity contribution is -0.136. The molecule has 0 atom stereocenters. The molecule has 4 rings (SSSR count). The average Bonchev–Trinajstić information content (AvgIpc) is 2.98. The molecular formula is C33H28O6. The molecule has 0 bridgehead atoms. The van der Waals surface area contributed by atoms with Gasteiger partial charge in [0.25, 0.3) is 0 Å². The molecule has 0 saturated heterocycles. The van der Waals surface area contributed by atoms with E-state index in [1.165, 1.54) is 21.1 Å². The van der Waals surface area contributed by atoms with Crippen LogP contribution in [0.4, 0.5) is 0 Å². The lowest BCUT2D eigenvalue weighted by Crippen LogP contribution is -2.31. The molecule has 0 fully saturated rings. The first-order valence-corrected chi connectivity index (χ1v) is 12.3. The fourth-order valence-corrected chi connectivity index (χ4v) is 4.82. The van der Waals surface area contributed by atoms with Crippen molar-refractivity contribution in [2.24, 2.45) is 0 Å². The molecule has 0 aliphatic carbocycles. The molecule has 0 radical (unpaired) electrons. The summed E-state index contributed by atoms with van der Waals surface area (Å²) in [7, 11) is 2.42. The summed E-state index contributed by atoms with van der Waals surface area (Å²) < 4.78 is 15.3. The number of benzene rings is 4. The molecule has 4 aromatic rings. The van der Waals surface area contributed by atoms with Gasteiger partial charge < -0.3 is 14.2 Å². The zero-order valence-electron chi connectivity index (χ0n) is 21.9. The van der Waals surface area contributed by atoms with Crippen LogP contribution in [0.25, 0.3) is 5.57 Å².